The molecular formula is C11H10BrClFNO. The van der Waals surface area contributed by atoms with Crippen molar-refractivity contribution in [2.45, 2.75) is 6.42 Å². The summed E-state index contributed by atoms with van der Waals surface area (Å²) in [5.41, 5.74) is 0.587. The first-order valence-corrected chi connectivity index (χ1v) is 6.25. The van der Waals surface area contributed by atoms with Crippen LogP contribution in [0, 0.1) is 11.7 Å². The number of rotatable bonds is 2. The molecule has 0 spiro atoms. The van der Waals surface area contributed by atoms with Gasteiger partial charge in [0.25, 0.3) is 0 Å². The highest BCUT2D eigenvalue weighted by molar-refractivity contribution is 9.10. The van der Waals surface area contributed by atoms with Crippen molar-refractivity contribution in [3.63, 3.8) is 0 Å². The Bertz CT molecular complexity index is 406. The van der Waals surface area contributed by atoms with E-state index in [0.717, 1.165) is 0 Å². The smallest absolute Gasteiger partial charge is 0.227 e. The Balaban J connectivity index is 2.27. The van der Waals surface area contributed by atoms with Crippen LogP contribution in [0.4, 0.5) is 10.1 Å². The molecule has 2 rings (SSSR count). The second-order valence-corrected chi connectivity index (χ2v) is 5.08. The molecule has 5 heteroatoms. The van der Waals surface area contributed by atoms with Gasteiger partial charge in [-0.1, -0.05) is 15.9 Å². The van der Waals surface area contributed by atoms with Crippen LogP contribution in [0.25, 0.3) is 0 Å². The van der Waals surface area contributed by atoms with Crippen LogP contribution < -0.4 is 4.90 Å². The minimum atomic E-state index is -0.355. The molecule has 1 atom stereocenters. The molecule has 0 aliphatic carbocycles. The Kier molecular flexibility index (Phi) is 3.50. The lowest BCUT2D eigenvalue weighted by molar-refractivity contribution is -0.117. The van der Waals surface area contributed by atoms with E-state index in [1.165, 1.54) is 12.1 Å². The van der Waals surface area contributed by atoms with Crippen molar-refractivity contribution >= 4 is 39.1 Å². The maximum atomic E-state index is 13.2. The van der Waals surface area contributed by atoms with Crippen molar-refractivity contribution in [2.75, 3.05) is 17.3 Å². The number of carbonyl (C=O) groups excluding carboxylic acids is 1. The number of amides is 1. The number of benzene rings is 1. The van der Waals surface area contributed by atoms with Gasteiger partial charge in [0.1, 0.15) is 5.82 Å². The lowest BCUT2D eigenvalue weighted by atomic mass is 10.1. The molecule has 0 bridgehead atoms. The van der Waals surface area contributed by atoms with E-state index in [0.29, 0.717) is 29.0 Å². The van der Waals surface area contributed by atoms with Gasteiger partial charge in [0.2, 0.25) is 5.91 Å². The van der Waals surface area contributed by atoms with Crippen molar-refractivity contribution < 1.29 is 9.18 Å². The molecule has 1 fully saturated rings. The quantitative estimate of drug-likeness (QED) is 0.769. The van der Waals surface area contributed by atoms with Crippen LogP contribution in [-0.4, -0.2) is 18.3 Å². The van der Waals surface area contributed by atoms with E-state index in [-0.39, 0.29) is 17.6 Å². The molecule has 1 unspecified atom stereocenters. The topological polar surface area (TPSA) is 20.3 Å². The fraction of sp³-hybridized carbons (Fsp3) is 0.364. The Labute approximate surface area is 107 Å². The van der Waals surface area contributed by atoms with Crippen LogP contribution >= 0.6 is 27.5 Å². The Morgan fingerprint density at radius 2 is 2.25 bits per heavy atom. The molecule has 1 aliphatic rings. The Hall–Kier alpha value is -0.610. The predicted octanol–water partition coefficient (Wildman–Crippen LogP) is 3.18. The van der Waals surface area contributed by atoms with Gasteiger partial charge in [-0.15, -0.1) is 11.6 Å². The average Bonchev–Trinajstić information content (AvgIpc) is 2.58. The largest absolute Gasteiger partial charge is 0.312 e. The average molecular weight is 307 g/mol. The van der Waals surface area contributed by atoms with Gasteiger partial charge in [-0.05, 0) is 24.1 Å². The normalized spacial score (nSPS) is 20.6. The predicted molar refractivity (Wildman–Crippen MR) is 65.3 cm³/mol. The van der Waals surface area contributed by atoms with Gasteiger partial charge in [-0.3, -0.25) is 4.79 Å². The molecule has 1 aromatic rings. The first-order valence-electron chi connectivity index (χ1n) is 4.92. The summed E-state index contributed by atoms with van der Waals surface area (Å²) < 4.78 is 13.8. The highest BCUT2D eigenvalue weighted by atomic mass is 79.9. The van der Waals surface area contributed by atoms with E-state index >= 15 is 0 Å². The number of anilines is 1. The molecule has 1 heterocycles. The second kappa shape index (κ2) is 4.72. The van der Waals surface area contributed by atoms with E-state index in [4.69, 9.17) is 11.6 Å². The summed E-state index contributed by atoms with van der Waals surface area (Å²) in [4.78, 5) is 13.3. The fourth-order valence-electron chi connectivity index (χ4n) is 1.83. The third-order valence-electron chi connectivity index (χ3n) is 2.58. The number of hydrogen-bond donors (Lipinski definition) is 0. The maximum Gasteiger partial charge on any atom is 0.227 e. The van der Waals surface area contributed by atoms with Crippen molar-refractivity contribution in [1.82, 2.24) is 0 Å². The summed E-state index contributed by atoms with van der Waals surface area (Å²) in [6.45, 7) is 0.568. The van der Waals surface area contributed by atoms with Crippen molar-refractivity contribution in [2.24, 2.45) is 5.92 Å². The van der Waals surface area contributed by atoms with Crippen LogP contribution in [0.1, 0.15) is 6.42 Å². The number of carbonyl (C=O) groups is 1. The summed E-state index contributed by atoms with van der Waals surface area (Å²) in [5, 5.41) is 0. The number of nitrogens with zero attached hydrogens (tertiary/aromatic N) is 1. The third kappa shape index (κ3) is 2.38. The summed E-state index contributed by atoms with van der Waals surface area (Å²) in [6.07, 6.45) is 0.442. The van der Waals surface area contributed by atoms with Crippen LogP contribution in [0.2, 0.25) is 0 Å². The van der Waals surface area contributed by atoms with Gasteiger partial charge in [0, 0.05) is 29.0 Å². The summed E-state index contributed by atoms with van der Waals surface area (Å²) in [5.74, 6) is 0.268. The van der Waals surface area contributed by atoms with E-state index in [2.05, 4.69) is 15.9 Å². The van der Waals surface area contributed by atoms with Crippen LogP contribution in [0.5, 0.6) is 0 Å². The van der Waals surface area contributed by atoms with Gasteiger partial charge < -0.3 is 4.90 Å². The van der Waals surface area contributed by atoms with Crippen molar-refractivity contribution in [3.05, 3.63) is 28.5 Å². The van der Waals surface area contributed by atoms with E-state index < -0.39 is 0 Å². The van der Waals surface area contributed by atoms with Crippen molar-refractivity contribution in [3.8, 4) is 0 Å². The highest BCUT2D eigenvalue weighted by Crippen LogP contribution is 2.28. The van der Waals surface area contributed by atoms with Crippen LogP contribution in [-0.2, 0) is 4.79 Å². The Morgan fingerprint density at radius 3 is 2.81 bits per heavy atom. The van der Waals surface area contributed by atoms with Gasteiger partial charge >= 0.3 is 0 Å². The maximum absolute atomic E-state index is 13.2. The number of halogens is 3. The molecule has 0 saturated carbocycles. The monoisotopic (exact) mass is 305 g/mol. The standard InChI is InChI=1S/C11H10BrClFNO/c12-8-2-9(14)4-10(3-8)15-6-7(5-13)1-11(15)16/h2-4,7H,1,5-6H2. The van der Waals surface area contributed by atoms with Crippen molar-refractivity contribution in [1.29, 1.82) is 0 Å². The minimum absolute atomic E-state index is 0.00292. The molecule has 86 valence electrons. The molecule has 0 radical (unpaired) electrons. The molecule has 0 aromatic heterocycles. The number of hydrogen-bond acceptors (Lipinski definition) is 1. The van der Waals surface area contributed by atoms with Crippen LogP contribution in [0.15, 0.2) is 22.7 Å². The lowest BCUT2D eigenvalue weighted by Crippen LogP contribution is -2.24. The first-order chi connectivity index (χ1) is 7.60. The van der Waals surface area contributed by atoms with Crippen LogP contribution in [0.3, 0.4) is 0 Å². The zero-order chi connectivity index (χ0) is 11.7. The molecule has 1 saturated heterocycles. The Morgan fingerprint density at radius 1 is 1.50 bits per heavy atom. The SMILES string of the molecule is O=C1CC(CCl)CN1c1cc(F)cc(Br)c1. The third-order valence-corrected chi connectivity index (χ3v) is 3.48. The zero-order valence-electron chi connectivity index (χ0n) is 8.42. The first kappa shape index (κ1) is 11.9. The molecule has 1 aliphatic heterocycles. The molecule has 16 heavy (non-hydrogen) atoms. The summed E-state index contributed by atoms with van der Waals surface area (Å²) in [6, 6.07) is 4.46. The summed E-state index contributed by atoms with van der Waals surface area (Å²) in [7, 11) is 0. The fourth-order valence-corrected chi connectivity index (χ4v) is 2.49. The number of alkyl halides is 1. The molecule has 0 N–H and O–H groups in total. The van der Waals surface area contributed by atoms with E-state index in [1.807, 2.05) is 0 Å². The second-order valence-electron chi connectivity index (χ2n) is 3.86. The van der Waals surface area contributed by atoms with E-state index in [9.17, 15) is 9.18 Å². The summed E-state index contributed by atoms with van der Waals surface area (Å²) >= 11 is 8.93. The lowest BCUT2D eigenvalue weighted by Gasteiger charge is -2.16. The van der Waals surface area contributed by atoms with Gasteiger partial charge in [-0.2, -0.15) is 0 Å². The van der Waals surface area contributed by atoms with Gasteiger partial charge in [-0.25, -0.2) is 4.39 Å². The van der Waals surface area contributed by atoms with E-state index in [1.54, 1.807) is 11.0 Å². The molecule has 1 aromatic carbocycles. The highest BCUT2D eigenvalue weighted by Gasteiger charge is 2.30. The molecular weight excluding hydrogens is 296 g/mol. The van der Waals surface area contributed by atoms with Gasteiger partial charge in [0.05, 0.1) is 0 Å². The van der Waals surface area contributed by atoms with Gasteiger partial charge in [0.15, 0.2) is 0 Å². The minimum Gasteiger partial charge on any atom is -0.312 e. The zero-order valence-corrected chi connectivity index (χ0v) is 10.8. The molecule has 2 nitrogen and oxygen atoms in total. The molecule has 1 amide bonds.